The van der Waals surface area contributed by atoms with Crippen LogP contribution < -0.4 is 5.32 Å². The van der Waals surface area contributed by atoms with Crippen LogP contribution in [0.2, 0.25) is 0 Å². The second-order valence-electron chi connectivity index (χ2n) is 7.33. The van der Waals surface area contributed by atoms with Crippen LogP contribution in [0.5, 0.6) is 0 Å². The van der Waals surface area contributed by atoms with Crippen molar-refractivity contribution < 1.29 is 4.79 Å². The van der Waals surface area contributed by atoms with Gasteiger partial charge < -0.3 is 4.90 Å². The third kappa shape index (κ3) is 5.98. The van der Waals surface area contributed by atoms with E-state index in [9.17, 15) is 4.79 Å². The molecule has 124 valence electrons. The summed E-state index contributed by atoms with van der Waals surface area (Å²) in [6, 6.07) is 0.0221. The van der Waals surface area contributed by atoms with E-state index in [4.69, 9.17) is 0 Å². The van der Waals surface area contributed by atoms with Gasteiger partial charge in [0.2, 0.25) is 5.91 Å². The molecule has 0 aromatic heterocycles. The van der Waals surface area contributed by atoms with Crippen LogP contribution in [0.3, 0.4) is 0 Å². The minimum Gasteiger partial charge on any atom is -0.326 e. The fourth-order valence-corrected chi connectivity index (χ4v) is 3.15. The Balaban J connectivity index is 2.44. The molecule has 0 spiro atoms. The lowest BCUT2D eigenvalue weighted by molar-refractivity contribution is -0.130. The Morgan fingerprint density at radius 1 is 1.05 bits per heavy atom. The second-order valence-corrected chi connectivity index (χ2v) is 7.33. The number of unbranched alkanes of at least 4 members (excludes halogenated alkanes) is 5. The van der Waals surface area contributed by atoms with Crippen LogP contribution in [0, 0.1) is 11.8 Å². The maximum absolute atomic E-state index is 12.6. The third-order valence-electron chi connectivity index (χ3n) is 4.41. The van der Waals surface area contributed by atoms with Crippen molar-refractivity contribution in [3.63, 3.8) is 0 Å². The number of nitrogens with zero attached hydrogens (tertiary/aromatic N) is 1. The van der Waals surface area contributed by atoms with Gasteiger partial charge in [-0.15, -0.1) is 0 Å². The molecule has 0 aromatic carbocycles. The van der Waals surface area contributed by atoms with E-state index < -0.39 is 0 Å². The van der Waals surface area contributed by atoms with Crippen molar-refractivity contribution in [2.75, 3.05) is 6.54 Å². The molecule has 1 N–H and O–H groups in total. The van der Waals surface area contributed by atoms with Gasteiger partial charge in [0.25, 0.3) is 0 Å². The van der Waals surface area contributed by atoms with Crippen molar-refractivity contribution in [1.82, 2.24) is 10.2 Å². The summed E-state index contributed by atoms with van der Waals surface area (Å²) in [4.78, 5) is 14.7. The summed E-state index contributed by atoms with van der Waals surface area (Å²) in [6.45, 7) is 11.9. The van der Waals surface area contributed by atoms with Crippen LogP contribution in [0.4, 0.5) is 0 Å². The van der Waals surface area contributed by atoms with Gasteiger partial charge in [-0.2, -0.15) is 0 Å². The van der Waals surface area contributed by atoms with Crippen molar-refractivity contribution >= 4 is 5.91 Å². The van der Waals surface area contributed by atoms with E-state index in [2.05, 4.69) is 44.8 Å². The molecule has 0 aliphatic carbocycles. The maximum Gasteiger partial charge on any atom is 0.241 e. The van der Waals surface area contributed by atoms with Gasteiger partial charge in [-0.25, -0.2) is 0 Å². The van der Waals surface area contributed by atoms with Gasteiger partial charge in [0.1, 0.15) is 0 Å². The van der Waals surface area contributed by atoms with E-state index in [1.54, 1.807) is 0 Å². The van der Waals surface area contributed by atoms with Crippen LogP contribution in [0.25, 0.3) is 0 Å². The number of hydrogen-bond acceptors (Lipinski definition) is 2. The molecule has 0 saturated carbocycles. The predicted molar refractivity (Wildman–Crippen MR) is 90.1 cm³/mol. The first kappa shape index (κ1) is 18.5. The number of amides is 1. The number of carbonyl (C=O) groups excluding carboxylic acids is 1. The van der Waals surface area contributed by atoms with Gasteiger partial charge in [0, 0.05) is 6.54 Å². The molecule has 3 heteroatoms. The number of nitrogens with one attached hydrogen (secondary N) is 1. The summed E-state index contributed by atoms with van der Waals surface area (Å²) >= 11 is 0. The van der Waals surface area contributed by atoms with Crippen LogP contribution in [-0.4, -0.2) is 29.6 Å². The highest BCUT2D eigenvalue weighted by Crippen LogP contribution is 2.22. The molecule has 21 heavy (non-hydrogen) atoms. The molecule has 0 aromatic rings. The Kier molecular flexibility index (Phi) is 8.31. The molecule has 2 unspecified atom stereocenters. The molecule has 2 atom stereocenters. The Labute approximate surface area is 131 Å². The summed E-state index contributed by atoms with van der Waals surface area (Å²) < 4.78 is 0. The van der Waals surface area contributed by atoms with E-state index >= 15 is 0 Å². The molecule has 0 bridgehead atoms. The van der Waals surface area contributed by atoms with E-state index in [0.717, 1.165) is 19.4 Å². The summed E-state index contributed by atoms with van der Waals surface area (Å²) in [5.41, 5.74) is 0. The first-order chi connectivity index (χ1) is 9.97. The highest BCUT2D eigenvalue weighted by Gasteiger charge is 2.39. The number of carbonyl (C=O) groups is 1. The Bertz CT molecular complexity index is 302. The largest absolute Gasteiger partial charge is 0.326 e. The zero-order valence-electron chi connectivity index (χ0n) is 14.8. The highest BCUT2D eigenvalue weighted by atomic mass is 16.2. The van der Waals surface area contributed by atoms with Crippen molar-refractivity contribution in [2.24, 2.45) is 11.8 Å². The van der Waals surface area contributed by atoms with Crippen molar-refractivity contribution in [2.45, 2.75) is 91.8 Å². The average molecular weight is 296 g/mol. The summed E-state index contributed by atoms with van der Waals surface area (Å²) in [7, 11) is 0. The Morgan fingerprint density at radius 3 is 2.24 bits per heavy atom. The fourth-order valence-electron chi connectivity index (χ4n) is 3.15. The lowest BCUT2D eigenvalue weighted by atomic mass is 10.0. The third-order valence-corrected chi connectivity index (χ3v) is 4.41. The van der Waals surface area contributed by atoms with Gasteiger partial charge in [0.05, 0.1) is 12.2 Å². The normalized spacial score (nSPS) is 22.8. The summed E-state index contributed by atoms with van der Waals surface area (Å²) in [5.74, 6) is 1.32. The molecule has 1 aliphatic heterocycles. The average Bonchev–Trinajstić information content (AvgIpc) is 2.70. The molecule has 0 radical (unpaired) electrons. The summed E-state index contributed by atoms with van der Waals surface area (Å²) in [5, 5.41) is 3.56. The van der Waals surface area contributed by atoms with Crippen molar-refractivity contribution in [3.8, 4) is 0 Å². The first-order valence-corrected chi connectivity index (χ1v) is 9.03. The molecule has 1 heterocycles. The minimum atomic E-state index is 0.0221. The first-order valence-electron chi connectivity index (χ1n) is 9.03. The summed E-state index contributed by atoms with van der Waals surface area (Å²) in [6.07, 6.45) is 9.00. The molecule has 1 aliphatic rings. The fraction of sp³-hybridized carbons (Fsp3) is 0.944. The minimum absolute atomic E-state index is 0.0221. The monoisotopic (exact) mass is 296 g/mol. The quantitative estimate of drug-likeness (QED) is 0.613. The van der Waals surface area contributed by atoms with Crippen LogP contribution in [0.15, 0.2) is 0 Å². The second kappa shape index (κ2) is 9.45. The molecule has 1 fully saturated rings. The highest BCUT2D eigenvalue weighted by molar-refractivity contribution is 5.84. The molecular formula is C18H36N2O. The van der Waals surface area contributed by atoms with Gasteiger partial charge in [-0.3, -0.25) is 10.1 Å². The SMILES string of the molecule is CCCCCCCCN1C(=O)C(C(C)C)NC1CC(C)C. The molecule has 1 rings (SSSR count). The van der Waals surface area contributed by atoms with E-state index in [0.29, 0.717) is 17.7 Å². The molecule has 1 saturated heterocycles. The maximum atomic E-state index is 12.6. The van der Waals surface area contributed by atoms with E-state index in [1.165, 1.54) is 32.1 Å². The van der Waals surface area contributed by atoms with Gasteiger partial charge in [-0.1, -0.05) is 66.7 Å². The van der Waals surface area contributed by atoms with Crippen LogP contribution in [0.1, 0.15) is 79.6 Å². The zero-order chi connectivity index (χ0) is 15.8. The van der Waals surface area contributed by atoms with E-state index in [1.807, 2.05) is 0 Å². The van der Waals surface area contributed by atoms with Crippen molar-refractivity contribution in [3.05, 3.63) is 0 Å². The van der Waals surface area contributed by atoms with Crippen LogP contribution >= 0.6 is 0 Å². The number of rotatable bonds is 10. The Hall–Kier alpha value is -0.570. The predicted octanol–water partition coefficient (Wildman–Crippen LogP) is 4.18. The van der Waals surface area contributed by atoms with Crippen molar-refractivity contribution in [1.29, 1.82) is 0 Å². The van der Waals surface area contributed by atoms with Gasteiger partial charge >= 0.3 is 0 Å². The smallest absolute Gasteiger partial charge is 0.241 e. The molecule has 1 amide bonds. The van der Waals surface area contributed by atoms with Crippen LogP contribution in [-0.2, 0) is 4.79 Å². The van der Waals surface area contributed by atoms with Gasteiger partial charge in [0.15, 0.2) is 0 Å². The Morgan fingerprint density at radius 2 is 1.67 bits per heavy atom. The standard InChI is InChI=1S/C18H36N2O/c1-6-7-8-9-10-11-12-20-16(13-14(2)3)19-17(15(4)5)18(20)21/h14-17,19H,6-13H2,1-5H3. The van der Waals surface area contributed by atoms with Gasteiger partial charge in [-0.05, 0) is 24.7 Å². The molecule has 3 nitrogen and oxygen atoms in total. The van der Waals surface area contributed by atoms with E-state index in [-0.39, 0.29) is 12.2 Å². The zero-order valence-corrected chi connectivity index (χ0v) is 14.8. The topological polar surface area (TPSA) is 32.3 Å². The lowest BCUT2D eigenvalue weighted by Crippen LogP contribution is -2.39. The number of hydrogen-bond donors (Lipinski definition) is 1. The lowest BCUT2D eigenvalue weighted by Gasteiger charge is -2.25. The molecular weight excluding hydrogens is 260 g/mol.